The molecule has 0 unspecified atom stereocenters. The van der Waals surface area contributed by atoms with E-state index in [2.05, 4.69) is 36.0 Å². The van der Waals surface area contributed by atoms with Crippen LogP contribution in [0.5, 0.6) is 0 Å². The second-order valence-electron chi connectivity index (χ2n) is 6.45. The number of aromatic nitrogens is 6. The molecular formula is C20H18N8O3. The van der Waals surface area contributed by atoms with Crippen LogP contribution in [0.25, 0.3) is 5.69 Å². The largest absolute Gasteiger partial charge is 0.464 e. The number of hydrogen-bond donors (Lipinski definition) is 2. The highest BCUT2D eigenvalue weighted by molar-refractivity contribution is 5.99. The van der Waals surface area contributed by atoms with Crippen molar-refractivity contribution < 1.29 is 14.3 Å². The van der Waals surface area contributed by atoms with Crippen LogP contribution in [0.15, 0.2) is 67.0 Å². The van der Waals surface area contributed by atoms with Crippen LogP contribution in [0.2, 0.25) is 0 Å². The Bertz CT molecular complexity index is 1180. The van der Waals surface area contributed by atoms with Gasteiger partial charge in [0.25, 0.3) is 0 Å². The summed E-state index contributed by atoms with van der Waals surface area (Å²) in [5.74, 6) is -0.232. The standard InChI is InChI=1S/C20H18N8O3/c1-31-19(29)17-12-28(26-23-17)16-9-7-15(8-10-16)21-20(30)22-18-13-27(25-24-18)11-14-5-3-2-4-6-14/h2-10,12-13H,11H2,1H3,(H2,21,22,30). The maximum Gasteiger partial charge on any atom is 0.360 e. The Hall–Kier alpha value is -4.54. The van der Waals surface area contributed by atoms with Gasteiger partial charge < -0.3 is 10.1 Å². The number of esters is 1. The van der Waals surface area contributed by atoms with Gasteiger partial charge in [0, 0.05) is 5.69 Å². The third-order valence-electron chi connectivity index (χ3n) is 4.25. The number of carbonyl (C=O) groups excluding carboxylic acids is 2. The van der Waals surface area contributed by atoms with E-state index in [9.17, 15) is 9.59 Å². The van der Waals surface area contributed by atoms with Gasteiger partial charge in [-0.1, -0.05) is 40.8 Å². The Morgan fingerprint density at radius 1 is 0.935 bits per heavy atom. The van der Waals surface area contributed by atoms with Gasteiger partial charge in [0.15, 0.2) is 11.5 Å². The van der Waals surface area contributed by atoms with E-state index in [4.69, 9.17) is 0 Å². The smallest absolute Gasteiger partial charge is 0.360 e. The van der Waals surface area contributed by atoms with Crippen molar-refractivity contribution in [3.05, 3.63) is 78.2 Å². The number of anilines is 2. The van der Waals surface area contributed by atoms with Gasteiger partial charge in [-0.05, 0) is 29.8 Å². The van der Waals surface area contributed by atoms with Crippen LogP contribution in [-0.4, -0.2) is 49.1 Å². The first-order valence-electron chi connectivity index (χ1n) is 9.24. The number of rotatable bonds is 6. The Morgan fingerprint density at radius 3 is 2.45 bits per heavy atom. The zero-order chi connectivity index (χ0) is 21.6. The number of urea groups is 1. The lowest BCUT2D eigenvalue weighted by molar-refractivity contribution is 0.0594. The topological polar surface area (TPSA) is 129 Å². The highest BCUT2D eigenvalue weighted by Gasteiger charge is 2.12. The third-order valence-corrected chi connectivity index (χ3v) is 4.25. The lowest BCUT2D eigenvalue weighted by Gasteiger charge is -2.06. The zero-order valence-electron chi connectivity index (χ0n) is 16.5. The molecule has 0 saturated heterocycles. The highest BCUT2D eigenvalue weighted by atomic mass is 16.5. The second kappa shape index (κ2) is 8.86. The molecule has 31 heavy (non-hydrogen) atoms. The number of nitrogens with one attached hydrogen (secondary N) is 2. The molecule has 156 valence electrons. The first-order chi connectivity index (χ1) is 15.1. The quantitative estimate of drug-likeness (QED) is 0.460. The summed E-state index contributed by atoms with van der Waals surface area (Å²) in [6.07, 6.45) is 3.11. The molecule has 2 heterocycles. The van der Waals surface area contributed by atoms with E-state index in [1.165, 1.54) is 18.0 Å². The molecule has 0 aliphatic heterocycles. The van der Waals surface area contributed by atoms with Gasteiger partial charge >= 0.3 is 12.0 Å². The average molecular weight is 418 g/mol. The maximum absolute atomic E-state index is 12.2. The van der Waals surface area contributed by atoms with Crippen molar-refractivity contribution in [1.29, 1.82) is 0 Å². The number of nitrogens with zero attached hydrogens (tertiary/aromatic N) is 6. The fraction of sp³-hybridized carbons (Fsp3) is 0.100. The van der Waals surface area contributed by atoms with Crippen LogP contribution in [0.4, 0.5) is 16.3 Å². The second-order valence-corrected chi connectivity index (χ2v) is 6.45. The van der Waals surface area contributed by atoms with Crippen LogP contribution in [0.1, 0.15) is 16.1 Å². The van der Waals surface area contributed by atoms with E-state index in [1.54, 1.807) is 35.1 Å². The number of benzene rings is 2. The molecule has 0 bridgehead atoms. The summed E-state index contributed by atoms with van der Waals surface area (Å²) in [6, 6.07) is 16.2. The summed E-state index contributed by atoms with van der Waals surface area (Å²) in [7, 11) is 1.27. The van der Waals surface area contributed by atoms with Gasteiger partial charge in [-0.2, -0.15) is 0 Å². The van der Waals surface area contributed by atoms with Gasteiger partial charge in [0.05, 0.1) is 31.7 Å². The van der Waals surface area contributed by atoms with E-state index in [1.807, 2.05) is 30.3 Å². The summed E-state index contributed by atoms with van der Waals surface area (Å²) < 4.78 is 7.68. The van der Waals surface area contributed by atoms with Crippen molar-refractivity contribution in [1.82, 2.24) is 30.0 Å². The first-order valence-corrected chi connectivity index (χ1v) is 9.24. The van der Waals surface area contributed by atoms with Gasteiger partial charge in [-0.25, -0.2) is 19.0 Å². The molecule has 0 spiro atoms. The van der Waals surface area contributed by atoms with Gasteiger partial charge in [-0.15, -0.1) is 10.2 Å². The molecule has 2 N–H and O–H groups in total. The van der Waals surface area contributed by atoms with Gasteiger partial charge in [0.1, 0.15) is 0 Å². The van der Waals surface area contributed by atoms with Crippen molar-refractivity contribution in [2.24, 2.45) is 0 Å². The van der Waals surface area contributed by atoms with Gasteiger partial charge in [0.2, 0.25) is 0 Å². The first kappa shape index (κ1) is 19.8. The minimum absolute atomic E-state index is 0.101. The third kappa shape index (κ3) is 4.90. The van der Waals surface area contributed by atoms with Crippen LogP contribution < -0.4 is 10.6 Å². The van der Waals surface area contributed by atoms with Gasteiger partial charge in [-0.3, -0.25) is 5.32 Å². The van der Waals surface area contributed by atoms with Crippen LogP contribution in [0.3, 0.4) is 0 Å². The monoisotopic (exact) mass is 418 g/mol. The predicted molar refractivity (Wildman–Crippen MR) is 111 cm³/mol. The minimum atomic E-state index is -0.568. The molecule has 0 atom stereocenters. The molecule has 2 aromatic carbocycles. The molecule has 0 fully saturated rings. The number of amides is 2. The van der Waals surface area contributed by atoms with Crippen LogP contribution in [-0.2, 0) is 11.3 Å². The SMILES string of the molecule is COC(=O)c1cn(-c2ccc(NC(=O)Nc3cn(Cc4ccccc4)nn3)cc2)nn1. The molecule has 0 aliphatic carbocycles. The Morgan fingerprint density at radius 2 is 1.71 bits per heavy atom. The summed E-state index contributed by atoms with van der Waals surface area (Å²) >= 11 is 0. The molecule has 0 aliphatic rings. The lowest BCUT2D eigenvalue weighted by atomic mass is 10.2. The molecule has 11 heteroatoms. The van der Waals surface area contributed by atoms with Crippen LogP contribution >= 0.6 is 0 Å². The number of methoxy groups -OCH3 is 1. The predicted octanol–water partition coefficient (Wildman–Crippen LogP) is 2.34. The van der Waals surface area contributed by atoms with Crippen molar-refractivity contribution in [2.75, 3.05) is 17.7 Å². The summed E-state index contributed by atoms with van der Waals surface area (Å²) in [6.45, 7) is 0.554. The normalized spacial score (nSPS) is 10.5. The number of ether oxygens (including phenoxy) is 1. The molecule has 11 nitrogen and oxygen atoms in total. The molecular weight excluding hydrogens is 400 g/mol. The molecule has 0 radical (unpaired) electrons. The highest BCUT2D eigenvalue weighted by Crippen LogP contribution is 2.14. The van der Waals surface area contributed by atoms with E-state index in [0.29, 0.717) is 23.7 Å². The Labute approximate surface area is 176 Å². The Balaban J connectivity index is 1.34. The number of carbonyl (C=O) groups is 2. The Kier molecular flexibility index (Phi) is 5.65. The van der Waals surface area contributed by atoms with E-state index in [-0.39, 0.29) is 5.69 Å². The molecule has 2 amide bonds. The van der Waals surface area contributed by atoms with E-state index < -0.39 is 12.0 Å². The lowest BCUT2D eigenvalue weighted by Crippen LogP contribution is -2.19. The molecule has 4 rings (SSSR count). The van der Waals surface area contributed by atoms with Crippen molar-refractivity contribution in [3.8, 4) is 5.69 Å². The average Bonchev–Trinajstić information content (AvgIpc) is 3.44. The van der Waals surface area contributed by atoms with Crippen molar-refractivity contribution in [3.63, 3.8) is 0 Å². The summed E-state index contributed by atoms with van der Waals surface area (Å²) in [5, 5.41) is 21.0. The summed E-state index contributed by atoms with van der Waals surface area (Å²) in [5.41, 5.74) is 2.41. The zero-order valence-corrected chi connectivity index (χ0v) is 16.5. The van der Waals surface area contributed by atoms with Crippen molar-refractivity contribution in [2.45, 2.75) is 6.54 Å². The minimum Gasteiger partial charge on any atom is -0.464 e. The summed E-state index contributed by atoms with van der Waals surface area (Å²) in [4.78, 5) is 23.7. The van der Waals surface area contributed by atoms with Crippen molar-refractivity contribution >= 4 is 23.5 Å². The fourth-order valence-electron chi connectivity index (χ4n) is 2.77. The molecule has 2 aromatic heterocycles. The maximum atomic E-state index is 12.2. The van der Waals surface area contributed by atoms with E-state index in [0.717, 1.165) is 5.56 Å². The fourth-order valence-corrected chi connectivity index (χ4v) is 2.77. The molecule has 4 aromatic rings. The molecule has 0 saturated carbocycles. The van der Waals surface area contributed by atoms with Crippen LogP contribution in [0, 0.1) is 0 Å². The number of hydrogen-bond acceptors (Lipinski definition) is 7. The van der Waals surface area contributed by atoms with E-state index >= 15 is 0 Å².